The molecular weight excluding hydrogens is 196 g/mol. The second kappa shape index (κ2) is 5.29. The average molecular weight is 210 g/mol. The summed E-state index contributed by atoms with van der Waals surface area (Å²) >= 11 is 0. The lowest BCUT2D eigenvalue weighted by Crippen LogP contribution is -2.38. The monoisotopic (exact) mass is 210 g/mol. The number of nitrogens with zero attached hydrogens (tertiary/aromatic N) is 1. The summed E-state index contributed by atoms with van der Waals surface area (Å²) in [5.74, 6) is -0.681. The molecule has 0 aromatic heterocycles. The van der Waals surface area contributed by atoms with Gasteiger partial charge >= 0.3 is 0 Å². The molecule has 1 heterocycles. The molecular formula is C10H14N2O3. The van der Waals surface area contributed by atoms with Gasteiger partial charge in [-0.15, -0.1) is 0 Å². The van der Waals surface area contributed by atoms with Gasteiger partial charge < -0.3 is 5.32 Å². The van der Waals surface area contributed by atoms with Crippen LogP contribution in [0.5, 0.6) is 0 Å². The molecule has 1 rings (SSSR count). The Balaban J connectivity index is 2.23. The molecule has 3 amide bonds. The van der Waals surface area contributed by atoms with Crippen LogP contribution in [0, 0.1) is 0 Å². The molecule has 0 saturated heterocycles. The third-order valence-electron chi connectivity index (χ3n) is 2.04. The molecule has 1 aliphatic rings. The minimum absolute atomic E-state index is 0.0513. The maximum atomic E-state index is 11.1. The second-order valence-corrected chi connectivity index (χ2v) is 3.26. The molecule has 82 valence electrons. The van der Waals surface area contributed by atoms with E-state index in [1.807, 2.05) is 6.92 Å². The fourth-order valence-corrected chi connectivity index (χ4v) is 1.27. The van der Waals surface area contributed by atoms with E-state index >= 15 is 0 Å². The summed E-state index contributed by atoms with van der Waals surface area (Å²) in [7, 11) is 0. The molecule has 0 saturated carbocycles. The van der Waals surface area contributed by atoms with Gasteiger partial charge in [0.1, 0.15) is 0 Å². The number of amides is 3. The van der Waals surface area contributed by atoms with E-state index in [9.17, 15) is 14.4 Å². The number of nitrogens with one attached hydrogen (secondary N) is 1. The first-order chi connectivity index (χ1) is 7.15. The molecule has 0 aromatic carbocycles. The van der Waals surface area contributed by atoms with Crippen LogP contribution in [0.1, 0.15) is 19.8 Å². The number of carbonyl (C=O) groups is 3. The Kier molecular flexibility index (Phi) is 4.03. The van der Waals surface area contributed by atoms with Crippen molar-refractivity contribution in [3.05, 3.63) is 12.2 Å². The Morgan fingerprint density at radius 2 is 1.93 bits per heavy atom. The molecule has 0 aliphatic carbocycles. The molecule has 1 N–H and O–H groups in total. The van der Waals surface area contributed by atoms with Gasteiger partial charge in [0.25, 0.3) is 11.8 Å². The van der Waals surface area contributed by atoms with Crippen LogP contribution in [-0.4, -0.2) is 35.7 Å². The smallest absolute Gasteiger partial charge is 0.253 e. The van der Waals surface area contributed by atoms with Crippen LogP contribution in [-0.2, 0) is 14.4 Å². The van der Waals surface area contributed by atoms with E-state index in [-0.39, 0.29) is 24.3 Å². The van der Waals surface area contributed by atoms with Crippen LogP contribution in [0.25, 0.3) is 0 Å². The lowest BCUT2D eigenvalue weighted by Gasteiger charge is -2.13. The maximum absolute atomic E-state index is 11.1. The normalized spacial score (nSPS) is 14.9. The highest BCUT2D eigenvalue weighted by Crippen LogP contribution is 2.01. The van der Waals surface area contributed by atoms with Crippen molar-refractivity contribution in [2.24, 2.45) is 0 Å². The van der Waals surface area contributed by atoms with Gasteiger partial charge in [0.05, 0.1) is 0 Å². The summed E-state index contributed by atoms with van der Waals surface area (Å²) in [6.07, 6.45) is 3.72. The number of hydrogen-bond acceptors (Lipinski definition) is 3. The standard InChI is InChI=1S/C10H14N2O3/c1-2-3-8(13)11-6-7-12-9(14)4-5-10(12)15/h4-5H,2-3,6-7H2,1H3,(H,11,13). The molecule has 0 radical (unpaired) electrons. The SMILES string of the molecule is CCCC(=O)NCCN1C(=O)C=CC1=O. The third-order valence-corrected chi connectivity index (χ3v) is 2.04. The van der Waals surface area contributed by atoms with Crippen molar-refractivity contribution in [1.82, 2.24) is 10.2 Å². The van der Waals surface area contributed by atoms with Crippen LogP contribution in [0.3, 0.4) is 0 Å². The van der Waals surface area contributed by atoms with Gasteiger partial charge in [-0.25, -0.2) is 0 Å². The van der Waals surface area contributed by atoms with Crippen LogP contribution in [0.15, 0.2) is 12.2 Å². The molecule has 0 fully saturated rings. The van der Waals surface area contributed by atoms with Crippen LogP contribution < -0.4 is 5.32 Å². The molecule has 0 spiro atoms. The molecule has 0 atom stereocenters. The van der Waals surface area contributed by atoms with E-state index in [0.29, 0.717) is 13.0 Å². The second-order valence-electron chi connectivity index (χ2n) is 3.26. The van der Waals surface area contributed by atoms with E-state index in [1.54, 1.807) is 0 Å². The van der Waals surface area contributed by atoms with Gasteiger partial charge in [-0.1, -0.05) is 6.92 Å². The lowest BCUT2D eigenvalue weighted by atomic mass is 10.3. The minimum Gasteiger partial charge on any atom is -0.354 e. The van der Waals surface area contributed by atoms with Crippen molar-refractivity contribution in [2.45, 2.75) is 19.8 Å². The zero-order valence-electron chi connectivity index (χ0n) is 8.66. The van der Waals surface area contributed by atoms with E-state index in [4.69, 9.17) is 0 Å². The van der Waals surface area contributed by atoms with Crippen LogP contribution in [0.4, 0.5) is 0 Å². The first-order valence-corrected chi connectivity index (χ1v) is 4.95. The quantitative estimate of drug-likeness (QED) is 0.640. The first kappa shape index (κ1) is 11.4. The first-order valence-electron chi connectivity index (χ1n) is 4.95. The topological polar surface area (TPSA) is 66.5 Å². The predicted octanol–water partition coefficient (Wildman–Crippen LogP) is -0.172. The highest BCUT2D eigenvalue weighted by Gasteiger charge is 2.22. The lowest BCUT2D eigenvalue weighted by molar-refractivity contribution is -0.137. The Labute approximate surface area is 88.1 Å². The maximum Gasteiger partial charge on any atom is 0.253 e. The Hall–Kier alpha value is -1.65. The summed E-state index contributed by atoms with van der Waals surface area (Å²) in [6, 6.07) is 0. The molecule has 5 heteroatoms. The highest BCUT2D eigenvalue weighted by molar-refractivity contribution is 6.12. The van der Waals surface area contributed by atoms with Gasteiger partial charge in [0, 0.05) is 31.7 Å². The molecule has 0 aromatic rings. The fraction of sp³-hybridized carbons (Fsp3) is 0.500. The van der Waals surface area contributed by atoms with E-state index in [0.717, 1.165) is 11.3 Å². The summed E-state index contributed by atoms with van der Waals surface area (Å²) in [5.41, 5.74) is 0. The van der Waals surface area contributed by atoms with Crippen molar-refractivity contribution >= 4 is 17.7 Å². The van der Waals surface area contributed by atoms with Gasteiger partial charge in [0.15, 0.2) is 0 Å². The van der Waals surface area contributed by atoms with Crippen molar-refractivity contribution < 1.29 is 14.4 Å². The number of rotatable bonds is 5. The third kappa shape index (κ3) is 3.19. The summed E-state index contributed by atoms with van der Waals surface area (Å²) < 4.78 is 0. The predicted molar refractivity (Wildman–Crippen MR) is 53.8 cm³/mol. The van der Waals surface area contributed by atoms with Crippen LogP contribution in [0.2, 0.25) is 0 Å². The van der Waals surface area contributed by atoms with E-state index < -0.39 is 0 Å². The fourth-order valence-electron chi connectivity index (χ4n) is 1.27. The van der Waals surface area contributed by atoms with Crippen molar-refractivity contribution in [3.63, 3.8) is 0 Å². The van der Waals surface area contributed by atoms with E-state index in [1.165, 1.54) is 12.2 Å². The highest BCUT2D eigenvalue weighted by atomic mass is 16.2. The number of carbonyl (C=O) groups excluding carboxylic acids is 3. The average Bonchev–Trinajstić information content (AvgIpc) is 2.49. The number of imide groups is 1. The number of hydrogen-bond donors (Lipinski definition) is 1. The Bertz CT molecular complexity index is 292. The summed E-state index contributed by atoms with van der Waals surface area (Å²) in [6.45, 7) is 2.47. The Morgan fingerprint density at radius 1 is 1.33 bits per heavy atom. The molecule has 0 bridgehead atoms. The van der Waals surface area contributed by atoms with E-state index in [2.05, 4.69) is 5.32 Å². The molecule has 15 heavy (non-hydrogen) atoms. The van der Waals surface area contributed by atoms with Crippen LogP contribution >= 0.6 is 0 Å². The zero-order valence-corrected chi connectivity index (χ0v) is 8.66. The van der Waals surface area contributed by atoms with Crippen molar-refractivity contribution in [3.8, 4) is 0 Å². The molecule has 0 unspecified atom stereocenters. The minimum atomic E-state index is -0.315. The largest absolute Gasteiger partial charge is 0.354 e. The summed E-state index contributed by atoms with van der Waals surface area (Å²) in [4.78, 5) is 34.4. The van der Waals surface area contributed by atoms with Crippen molar-refractivity contribution in [1.29, 1.82) is 0 Å². The van der Waals surface area contributed by atoms with Gasteiger partial charge in [-0.3, -0.25) is 19.3 Å². The van der Waals surface area contributed by atoms with Crippen molar-refractivity contribution in [2.75, 3.05) is 13.1 Å². The summed E-state index contributed by atoms with van der Waals surface area (Å²) in [5, 5.41) is 2.64. The van der Waals surface area contributed by atoms with Gasteiger partial charge in [-0.2, -0.15) is 0 Å². The van der Waals surface area contributed by atoms with Gasteiger partial charge in [0.2, 0.25) is 5.91 Å². The molecule has 5 nitrogen and oxygen atoms in total. The Morgan fingerprint density at radius 3 is 2.47 bits per heavy atom. The molecule has 1 aliphatic heterocycles. The van der Waals surface area contributed by atoms with Gasteiger partial charge in [-0.05, 0) is 6.42 Å². The zero-order chi connectivity index (χ0) is 11.3.